The number of methoxy groups -OCH3 is 1. The molecule has 0 fully saturated rings. The highest BCUT2D eigenvalue weighted by atomic mass is 79.9. The number of nitrogens with one attached hydrogen (secondary N) is 1. The second-order valence-corrected chi connectivity index (χ2v) is 7.09. The van der Waals surface area contributed by atoms with Crippen LogP contribution in [0.3, 0.4) is 0 Å². The van der Waals surface area contributed by atoms with Gasteiger partial charge in [0.05, 0.1) is 17.3 Å². The van der Waals surface area contributed by atoms with Gasteiger partial charge in [-0.3, -0.25) is 4.98 Å². The van der Waals surface area contributed by atoms with Gasteiger partial charge in [0, 0.05) is 18.8 Å². The summed E-state index contributed by atoms with van der Waals surface area (Å²) in [5, 5.41) is 3.49. The summed E-state index contributed by atoms with van der Waals surface area (Å²) < 4.78 is 12.4. The molecule has 0 saturated carbocycles. The van der Waals surface area contributed by atoms with Crippen molar-refractivity contribution in [3.05, 3.63) is 88.2 Å². The molecule has 0 amide bonds. The van der Waals surface area contributed by atoms with E-state index in [9.17, 15) is 0 Å². The highest BCUT2D eigenvalue weighted by molar-refractivity contribution is 9.10. The Kier molecular flexibility index (Phi) is 6.85. The van der Waals surface area contributed by atoms with Crippen molar-refractivity contribution in [3.63, 3.8) is 0 Å². The van der Waals surface area contributed by atoms with E-state index in [-0.39, 0.29) is 6.04 Å². The average molecular weight is 427 g/mol. The van der Waals surface area contributed by atoms with Gasteiger partial charge < -0.3 is 14.8 Å². The van der Waals surface area contributed by atoms with Gasteiger partial charge in [0.15, 0.2) is 11.5 Å². The van der Waals surface area contributed by atoms with Crippen molar-refractivity contribution in [2.45, 2.75) is 26.1 Å². The van der Waals surface area contributed by atoms with E-state index in [1.165, 1.54) is 0 Å². The van der Waals surface area contributed by atoms with E-state index in [2.05, 4.69) is 39.2 Å². The van der Waals surface area contributed by atoms with Gasteiger partial charge in [0.1, 0.15) is 6.61 Å². The summed E-state index contributed by atoms with van der Waals surface area (Å²) in [5.74, 6) is 1.42. The predicted molar refractivity (Wildman–Crippen MR) is 111 cm³/mol. The Bertz CT molecular complexity index is 857. The fourth-order valence-electron chi connectivity index (χ4n) is 2.75. The molecule has 140 valence electrons. The summed E-state index contributed by atoms with van der Waals surface area (Å²) in [4.78, 5) is 4.39. The monoisotopic (exact) mass is 426 g/mol. The number of nitrogens with zero attached hydrogens (tertiary/aromatic N) is 1. The third kappa shape index (κ3) is 5.31. The fourth-order valence-corrected chi connectivity index (χ4v) is 3.36. The summed E-state index contributed by atoms with van der Waals surface area (Å²) in [7, 11) is 1.66. The molecule has 0 aliphatic rings. The molecule has 1 unspecified atom stereocenters. The third-order valence-corrected chi connectivity index (χ3v) is 4.85. The summed E-state index contributed by atoms with van der Waals surface area (Å²) >= 11 is 3.62. The van der Waals surface area contributed by atoms with Crippen LogP contribution in [0.5, 0.6) is 11.5 Å². The number of rotatable bonds is 8. The normalized spacial score (nSPS) is 11.8. The molecule has 2 aromatic carbocycles. The van der Waals surface area contributed by atoms with Gasteiger partial charge in [-0.15, -0.1) is 0 Å². The van der Waals surface area contributed by atoms with Crippen LogP contribution in [0.1, 0.15) is 29.8 Å². The Balaban J connectivity index is 1.68. The van der Waals surface area contributed by atoms with Gasteiger partial charge in [-0.25, -0.2) is 0 Å². The number of hydrogen-bond donors (Lipinski definition) is 1. The Hall–Kier alpha value is -2.37. The van der Waals surface area contributed by atoms with Crippen molar-refractivity contribution in [3.8, 4) is 11.5 Å². The minimum atomic E-state index is 0.157. The zero-order chi connectivity index (χ0) is 19.1. The number of halogens is 1. The fraction of sp³-hybridized carbons (Fsp3) is 0.227. The van der Waals surface area contributed by atoms with Crippen LogP contribution in [0.2, 0.25) is 0 Å². The van der Waals surface area contributed by atoms with Gasteiger partial charge in [0.2, 0.25) is 0 Å². The average Bonchev–Trinajstić information content (AvgIpc) is 2.72. The third-order valence-electron chi connectivity index (χ3n) is 4.26. The van der Waals surface area contributed by atoms with Crippen LogP contribution in [-0.4, -0.2) is 12.1 Å². The van der Waals surface area contributed by atoms with Gasteiger partial charge in [0.25, 0.3) is 0 Å². The van der Waals surface area contributed by atoms with E-state index in [1.54, 1.807) is 7.11 Å². The maximum absolute atomic E-state index is 5.99. The summed E-state index contributed by atoms with van der Waals surface area (Å²) in [5.41, 5.74) is 3.24. The van der Waals surface area contributed by atoms with E-state index in [0.717, 1.165) is 21.3 Å². The number of benzene rings is 2. The van der Waals surface area contributed by atoms with Crippen LogP contribution < -0.4 is 14.8 Å². The standard InChI is InChI=1S/C22H23BrN2O2/c1-16(20-10-6-7-11-24-20)25-14-18-12-19(23)22(21(13-18)26-2)27-15-17-8-4-3-5-9-17/h3-13,16,25H,14-15H2,1-2H3. The molecule has 1 N–H and O–H groups in total. The number of pyridine rings is 1. The first-order chi connectivity index (χ1) is 13.2. The maximum Gasteiger partial charge on any atom is 0.175 e. The van der Waals surface area contributed by atoms with Crippen molar-refractivity contribution >= 4 is 15.9 Å². The first kappa shape index (κ1) is 19.4. The van der Waals surface area contributed by atoms with Gasteiger partial charge in [-0.2, -0.15) is 0 Å². The highest BCUT2D eigenvalue weighted by Gasteiger charge is 2.13. The van der Waals surface area contributed by atoms with Crippen LogP contribution in [0, 0.1) is 0 Å². The molecule has 3 aromatic rings. The number of ether oxygens (including phenoxy) is 2. The van der Waals surface area contributed by atoms with Gasteiger partial charge >= 0.3 is 0 Å². The van der Waals surface area contributed by atoms with Gasteiger partial charge in [-0.1, -0.05) is 36.4 Å². The minimum Gasteiger partial charge on any atom is -0.493 e. The molecule has 3 rings (SSSR count). The maximum atomic E-state index is 5.99. The molecule has 0 spiro atoms. The van der Waals surface area contributed by atoms with E-state index in [0.29, 0.717) is 24.7 Å². The van der Waals surface area contributed by atoms with E-state index in [4.69, 9.17) is 9.47 Å². The molecule has 27 heavy (non-hydrogen) atoms. The zero-order valence-corrected chi connectivity index (χ0v) is 17.1. The molecule has 1 aromatic heterocycles. The molecule has 5 heteroatoms. The summed E-state index contributed by atoms with van der Waals surface area (Å²) in [6.45, 7) is 3.29. The molecule has 0 aliphatic heterocycles. The molecule has 0 saturated heterocycles. The Morgan fingerprint density at radius 2 is 1.81 bits per heavy atom. The molecule has 0 aliphatic carbocycles. The SMILES string of the molecule is COc1cc(CNC(C)c2ccccn2)cc(Br)c1OCc1ccccc1. The second kappa shape index (κ2) is 9.53. The number of hydrogen-bond acceptors (Lipinski definition) is 4. The lowest BCUT2D eigenvalue weighted by molar-refractivity contribution is 0.282. The van der Waals surface area contributed by atoms with Gasteiger partial charge in [-0.05, 0) is 58.2 Å². The van der Waals surface area contributed by atoms with E-state index >= 15 is 0 Å². The van der Waals surface area contributed by atoms with E-state index in [1.807, 2.05) is 60.8 Å². The molecular formula is C22H23BrN2O2. The summed E-state index contributed by atoms with van der Waals surface area (Å²) in [6, 6.07) is 20.2. The molecule has 4 nitrogen and oxygen atoms in total. The van der Waals surface area contributed by atoms with Crippen molar-refractivity contribution in [1.82, 2.24) is 10.3 Å². The Labute approximate surface area is 168 Å². The molecule has 0 radical (unpaired) electrons. The lowest BCUT2D eigenvalue weighted by Crippen LogP contribution is -2.19. The van der Waals surface area contributed by atoms with Crippen LogP contribution in [-0.2, 0) is 13.2 Å². The van der Waals surface area contributed by atoms with Crippen LogP contribution in [0.4, 0.5) is 0 Å². The Morgan fingerprint density at radius 1 is 1.04 bits per heavy atom. The number of aromatic nitrogens is 1. The lowest BCUT2D eigenvalue weighted by atomic mass is 10.1. The first-order valence-electron chi connectivity index (χ1n) is 8.85. The lowest BCUT2D eigenvalue weighted by Gasteiger charge is -2.17. The predicted octanol–water partition coefficient (Wildman–Crippen LogP) is 5.28. The van der Waals surface area contributed by atoms with Crippen LogP contribution in [0.15, 0.2) is 71.3 Å². The molecule has 0 bridgehead atoms. The second-order valence-electron chi connectivity index (χ2n) is 6.24. The minimum absolute atomic E-state index is 0.157. The van der Waals surface area contributed by atoms with Crippen molar-refractivity contribution in [2.24, 2.45) is 0 Å². The summed E-state index contributed by atoms with van der Waals surface area (Å²) in [6.07, 6.45) is 1.81. The zero-order valence-electron chi connectivity index (χ0n) is 15.5. The van der Waals surface area contributed by atoms with Crippen molar-refractivity contribution in [2.75, 3.05) is 7.11 Å². The smallest absolute Gasteiger partial charge is 0.175 e. The quantitative estimate of drug-likeness (QED) is 0.531. The Morgan fingerprint density at radius 3 is 2.52 bits per heavy atom. The van der Waals surface area contributed by atoms with Crippen LogP contribution in [0.25, 0.3) is 0 Å². The van der Waals surface area contributed by atoms with E-state index < -0.39 is 0 Å². The first-order valence-corrected chi connectivity index (χ1v) is 9.64. The van der Waals surface area contributed by atoms with Crippen molar-refractivity contribution < 1.29 is 9.47 Å². The van der Waals surface area contributed by atoms with Crippen LogP contribution >= 0.6 is 15.9 Å². The molecule has 1 heterocycles. The molecule has 1 atom stereocenters. The highest BCUT2D eigenvalue weighted by Crippen LogP contribution is 2.37. The molecular weight excluding hydrogens is 404 g/mol. The van der Waals surface area contributed by atoms with Crippen molar-refractivity contribution in [1.29, 1.82) is 0 Å². The largest absolute Gasteiger partial charge is 0.493 e. The topological polar surface area (TPSA) is 43.4 Å².